The van der Waals surface area contributed by atoms with E-state index in [9.17, 15) is 35.5 Å². The van der Waals surface area contributed by atoms with Gasteiger partial charge >= 0.3 is 5.97 Å². The number of carboxylic acids is 1. The van der Waals surface area contributed by atoms with Crippen LogP contribution in [-0.2, 0) is 51.8 Å². The summed E-state index contributed by atoms with van der Waals surface area (Å²) in [5.41, 5.74) is 12.1. The molecular weight excluding hydrogens is 981 g/mol. The number of hydrogen-bond donors (Lipinski definition) is 3. The molecular formula is C58H71N2O12S2+. The van der Waals surface area contributed by atoms with Gasteiger partial charge in [-0.25, -0.2) is 4.79 Å². The van der Waals surface area contributed by atoms with Crippen molar-refractivity contribution in [2.75, 3.05) is 42.7 Å². The Morgan fingerprint density at radius 2 is 1.46 bits per heavy atom. The van der Waals surface area contributed by atoms with Gasteiger partial charge < -0.3 is 24.2 Å². The van der Waals surface area contributed by atoms with Crippen LogP contribution < -0.4 is 14.4 Å². The summed E-state index contributed by atoms with van der Waals surface area (Å²) < 4.78 is 87.2. The van der Waals surface area contributed by atoms with Crippen molar-refractivity contribution >= 4 is 49.1 Å². The summed E-state index contributed by atoms with van der Waals surface area (Å²) >= 11 is 0. The number of allylic oxidation sites excluding steroid dienone is 8. The number of ether oxygens (including phenoxy) is 3. The largest absolute Gasteiger partial charge is 0.480 e. The molecule has 0 aromatic heterocycles. The number of hydrogen-bond acceptors (Lipinski definition) is 10. The summed E-state index contributed by atoms with van der Waals surface area (Å²) in [4.78, 5) is 26.1. The average Bonchev–Trinajstić information content (AvgIpc) is 3.55. The van der Waals surface area contributed by atoms with Crippen LogP contribution in [0.5, 0.6) is 11.5 Å². The summed E-state index contributed by atoms with van der Waals surface area (Å²) in [5, 5.41) is 8.87. The molecule has 74 heavy (non-hydrogen) atoms. The van der Waals surface area contributed by atoms with Crippen molar-refractivity contribution < 1.29 is 59.4 Å². The molecule has 16 heteroatoms. The molecule has 3 aromatic carbocycles. The second kappa shape index (κ2) is 22.3. The van der Waals surface area contributed by atoms with E-state index in [-0.39, 0.29) is 41.6 Å². The van der Waals surface area contributed by atoms with Crippen LogP contribution in [0.4, 0.5) is 11.4 Å². The molecule has 3 heterocycles. The highest BCUT2D eigenvalue weighted by molar-refractivity contribution is 7.86. The van der Waals surface area contributed by atoms with Gasteiger partial charge in [0, 0.05) is 72.5 Å². The van der Waals surface area contributed by atoms with E-state index in [0.717, 1.165) is 93.4 Å². The summed E-state index contributed by atoms with van der Waals surface area (Å²) in [5.74, 6) is 1.17. The first-order valence-electron chi connectivity index (χ1n) is 25.9. The van der Waals surface area contributed by atoms with E-state index in [4.69, 9.17) is 19.3 Å². The zero-order chi connectivity index (χ0) is 53.2. The summed E-state index contributed by atoms with van der Waals surface area (Å²) in [6, 6.07) is 18.7. The van der Waals surface area contributed by atoms with Crippen LogP contribution in [0.15, 0.2) is 113 Å². The highest BCUT2D eigenvalue weighted by Gasteiger charge is 2.45. The maximum absolute atomic E-state index is 13.0. The fourth-order valence-electron chi connectivity index (χ4n) is 11.3. The number of ketones is 1. The molecule has 2 aliphatic carbocycles. The van der Waals surface area contributed by atoms with E-state index < -0.39 is 38.2 Å². The van der Waals surface area contributed by atoms with Crippen LogP contribution in [0.3, 0.4) is 0 Å². The number of fused-ring (bicyclic) bond motifs is 3. The van der Waals surface area contributed by atoms with E-state index in [2.05, 4.69) is 112 Å². The van der Waals surface area contributed by atoms with E-state index >= 15 is 0 Å². The lowest BCUT2D eigenvalue weighted by molar-refractivity contribution is -0.438. The Morgan fingerprint density at radius 1 is 0.770 bits per heavy atom. The number of rotatable bonds is 22. The Kier molecular flexibility index (Phi) is 16.4. The highest BCUT2D eigenvalue weighted by atomic mass is 32.2. The number of carbonyl (C=O) groups is 2. The van der Waals surface area contributed by atoms with Crippen molar-refractivity contribution in [3.63, 3.8) is 0 Å². The first kappa shape index (κ1) is 54.6. The van der Waals surface area contributed by atoms with E-state index in [1.165, 1.54) is 11.1 Å². The molecule has 1 atom stereocenters. The van der Waals surface area contributed by atoms with Crippen molar-refractivity contribution in [1.82, 2.24) is 0 Å². The van der Waals surface area contributed by atoms with Crippen molar-refractivity contribution in [3.05, 3.63) is 141 Å². The zero-order valence-electron chi connectivity index (χ0n) is 43.5. The molecule has 0 saturated carbocycles. The standard InChI is InChI=1S/C58H70N2O12S2/c1-38-13-24-47-45(34-38)57(3,4)51(59(47)29-7-9-32-73(64,65)66)27-21-42-19-17-41-18-20-43(22-28-52-58(5,6)46-35-39(2)14-25-48(46)60(52)30-8-10-33-74(67,68)69)56-54(41)55(42)71-49-26-16-40(36-50(49)72-56)15-23-44(61)12-11-31-70-37-53(62)63/h13-14,16,21-22,24-28,34-36,41H,7-12,15,17-20,23,29-33,37H2,1-6H3,(H2-,62,63,64,65,66,67,68,69)/p+1. The molecule has 5 aliphatic rings. The van der Waals surface area contributed by atoms with Gasteiger partial charge in [-0.2, -0.15) is 21.4 Å². The van der Waals surface area contributed by atoms with Crippen molar-refractivity contribution in [2.24, 2.45) is 5.92 Å². The molecule has 1 unspecified atom stereocenters. The number of aryl methyl sites for hydroxylation is 3. The number of anilines is 1. The van der Waals surface area contributed by atoms with Gasteiger partial charge in [0.1, 0.15) is 30.5 Å². The molecule has 0 fully saturated rings. The molecule has 0 radical (unpaired) electrons. The fraction of sp³-hybridized carbons (Fsp3) is 0.466. The van der Waals surface area contributed by atoms with Gasteiger partial charge in [-0.15, -0.1) is 0 Å². The number of benzene rings is 3. The summed E-state index contributed by atoms with van der Waals surface area (Å²) in [7, 11) is -8.17. The number of carbonyl (C=O) groups excluding carboxylic acids is 1. The van der Waals surface area contributed by atoms with Crippen molar-refractivity contribution in [2.45, 2.75) is 129 Å². The molecule has 8 rings (SSSR count). The van der Waals surface area contributed by atoms with Crippen LogP contribution in [-0.4, -0.2) is 90.9 Å². The lowest BCUT2D eigenvalue weighted by Crippen LogP contribution is -2.28. The second-order valence-electron chi connectivity index (χ2n) is 21.5. The quantitative estimate of drug-likeness (QED) is 0.0489. The average molecular weight is 1050 g/mol. The molecule has 0 amide bonds. The van der Waals surface area contributed by atoms with Gasteiger partial charge in [0.25, 0.3) is 20.2 Å². The Hall–Kier alpha value is -5.65. The third-order valence-corrected chi connectivity index (χ3v) is 16.8. The summed E-state index contributed by atoms with van der Waals surface area (Å²) in [6.07, 6.45) is 15.2. The van der Waals surface area contributed by atoms with Crippen LogP contribution in [0.25, 0.3) is 0 Å². The van der Waals surface area contributed by atoms with Gasteiger partial charge in [-0.05, 0) is 150 Å². The molecule has 396 valence electrons. The smallest absolute Gasteiger partial charge is 0.329 e. The molecule has 0 spiro atoms. The minimum absolute atomic E-state index is 0.0554. The SMILES string of the molecule is Cc1ccc2c(c1)C(C)(C)C(/C=C/C1=C3Oc4ccc(CCC(=O)CCCOCC(=O)O)cc4OC4=C3C(CC1)CC/C4=C\C=C1\N(CCCCS(=O)(=O)O)c3ccc(C)cc3C1(C)C)=[N+]2CCCCS(=O)(=O)O. The number of aliphatic carboxylic acids is 1. The highest BCUT2D eigenvalue weighted by Crippen LogP contribution is 2.52. The third-order valence-electron chi connectivity index (χ3n) is 15.1. The van der Waals surface area contributed by atoms with Crippen LogP contribution in [0, 0.1) is 19.8 Å². The fourth-order valence-corrected chi connectivity index (χ4v) is 12.4. The minimum Gasteiger partial charge on any atom is -0.480 e. The van der Waals surface area contributed by atoms with E-state index in [1.54, 1.807) is 0 Å². The number of carboxylic acid groups (broad SMARTS) is 1. The molecule has 0 saturated heterocycles. The van der Waals surface area contributed by atoms with Gasteiger partial charge in [0.15, 0.2) is 17.2 Å². The molecule has 3 aromatic rings. The maximum Gasteiger partial charge on any atom is 0.329 e. The van der Waals surface area contributed by atoms with Crippen molar-refractivity contribution in [3.8, 4) is 11.5 Å². The lowest BCUT2D eigenvalue weighted by Gasteiger charge is -2.33. The summed E-state index contributed by atoms with van der Waals surface area (Å²) in [6.45, 7) is 13.9. The normalized spacial score (nSPS) is 19.9. The monoisotopic (exact) mass is 1050 g/mol. The minimum atomic E-state index is -4.09. The Balaban J connectivity index is 1.19. The predicted molar refractivity (Wildman–Crippen MR) is 287 cm³/mol. The molecule has 14 nitrogen and oxygen atoms in total. The zero-order valence-corrected chi connectivity index (χ0v) is 45.2. The van der Waals surface area contributed by atoms with Crippen LogP contribution >= 0.6 is 0 Å². The van der Waals surface area contributed by atoms with E-state index in [0.29, 0.717) is 69.5 Å². The number of unbranched alkanes of at least 4 members (excludes halogenated alkanes) is 2. The Labute approximate surface area is 436 Å². The lowest BCUT2D eigenvalue weighted by atomic mass is 9.74. The third kappa shape index (κ3) is 12.5. The van der Waals surface area contributed by atoms with Gasteiger partial charge in [0.2, 0.25) is 5.69 Å². The molecule has 3 aliphatic heterocycles. The first-order valence-corrected chi connectivity index (χ1v) is 29.1. The van der Waals surface area contributed by atoms with Crippen LogP contribution in [0.2, 0.25) is 0 Å². The van der Waals surface area contributed by atoms with Gasteiger partial charge in [-0.3, -0.25) is 13.9 Å². The van der Waals surface area contributed by atoms with Gasteiger partial charge in [-0.1, -0.05) is 55.3 Å². The first-order chi connectivity index (χ1) is 35.0. The molecule has 3 N–H and O–H groups in total. The Bertz CT molecular complexity index is 3140. The number of nitrogens with zero attached hydrogens (tertiary/aromatic N) is 2. The van der Waals surface area contributed by atoms with Crippen molar-refractivity contribution in [1.29, 1.82) is 0 Å². The number of Topliss-reactive ketones (excluding diaryl/α,β-unsaturated/α-hetero) is 1. The van der Waals surface area contributed by atoms with Gasteiger partial charge in [0.05, 0.1) is 16.9 Å². The topological polar surface area (TPSA) is 197 Å². The Morgan fingerprint density at radius 3 is 2.19 bits per heavy atom. The predicted octanol–water partition coefficient (Wildman–Crippen LogP) is 10.7. The van der Waals surface area contributed by atoms with Crippen LogP contribution in [0.1, 0.15) is 126 Å². The van der Waals surface area contributed by atoms with E-state index in [1.807, 2.05) is 18.2 Å². The maximum atomic E-state index is 13.0. The molecule has 0 bridgehead atoms. The second-order valence-corrected chi connectivity index (χ2v) is 24.6.